The second-order valence-electron chi connectivity index (χ2n) is 5.59. The van der Waals surface area contributed by atoms with Crippen molar-refractivity contribution in [3.05, 3.63) is 24.0 Å². The van der Waals surface area contributed by atoms with Crippen LogP contribution in [-0.4, -0.2) is 43.8 Å². The predicted octanol–water partition coefficient (Wildman–Crippen LogP) is 1.96. The quantitative estimate of drug-likeness (QED) is 0.720. The molecule has 1 aliphatic rings. The number of amides is 1. The summed E-state index contributed by atoms with van der Waals surface area (Å²) in [5.74, 6) is 0.0466. The lowest BCUT2D eigenvalue weighted by Crippen LogP contribution is -2.32. The summed E-state index contributed by atoms with van der Waals surface area (Å²) in [4.78, 5) is 12.3. The van der Waals surface area contributed by atoms with Gasteiger partial charge in [0.05, 0.1) is 0 Å². The van der Waals surface area contributed by atoms with Gasteiger partial charge in [-0.1, -0.05) is 0 Å². The van der Waals surface area contributed by atoms with Gasteiger partial charge in [0, 0.05) is 32.5 Å². The largest absolute Gasteiger partial charge is 0.385 e. The molecule has 0 saturated carbocycles. The number of hydrogen-bond acceptors (Lipinski definition) is 3. The van der Waals surface area contributed by atoms with E-state index in [9.17, 15) is 4.79 Å². The summed E-state index contributed by atoms with van der Waals surface area (Å²) in [6.07, 6.45) is 7.35. The number of ether oxygens (including phenoxy) is 1. The van der Waals surface area contributed by atoms with Crippen LogP contribution in [-0.2, 0) is 4.74 Å². The van der Waals surface area contributed by atoms with Gasteiger partial charge in [-0.2, -0.15) is 0 Å². The van der Waals surface area contributed by atoms with E-state index in [4.69, 9.17) is 4.74 Å². The molecular weight excluding hydrogens is 266 g/mol. The summed E-state index contributed by atoms with van der Waals surface area (Å²) in [5, 5.41) is 6.39. The van der Waals surface area contributed by atoms with E-state index in [1.165, 1.54) is 0 Å². The van der Waals surface area contributed by atoms with Crippen LogP contribution in [0.25, 0.3) is 0 Å². The molecule has 2 heterocycles. The van der Waals surface area contributed by atoms with Crippen LogP contribution in [0.1, 0.15) is 48.6 Å². The van der Waals surface area contributed by atoms with Crippen LogP contribution in [0.3, 0.4) is 0 Å². The summed E-state index contributed by atoms with van der Waals surface area (Å²) in [6.45, 7) is 3.60. The van der Waals surface area contributed by atoms with E-state index >= 15 is 0 Å². The van der Waals surface area contributed by atoms with Crippen molar-refractivity contribution in [3.8, 4) is 0 Å². The van der Waals surface area contributed by atoms with Gasteiger partial charge in [-0.05, 0) is 57.3 Å². The van der Waals surface area contributed by atoms with E-state index in [1.807, 2.05) is 18.3 Å². The third-order valence-corrected chi connectivity index (χ3v) is 4.02. The van der Waals surface area contributed by atoms with Crippen LogP contribution in [0.4, 0.5) is 0 Å². The molecule has 21 heavy (non-hydrogen) atoms. The first-order valence-electron chi connectivity index (χ1n) is 7.97. The Morgan fingerprint density at radius 2 is 2.19 bits per heavy atom. The monoisotopic (exact) mass is 293 g/mol. The van der Waals surface area contributed by atoms with Gasteiger partial charge >= 0.3 is 0 Å². The highest BCUT2D eigenvalue weighted by Crippen LogP contribution is 2.21. The molecule has 1 saturated heterocycles. The number of piperidine rings is 1. The molecule has 1 aliphatic heterocycles. The molecule has 2 N–H and O–H groups in total. The first kappa shape index (κ1) is 16.0. The number of methoxy groups -OCH3 is 1. The number of carbonyl (C=O) groups is 1. The van der Waals surface area contributed by atoms with Gasteiger partial charge in [0.2, 0.25) is 0 Å². The van der Waals surface area contributed by atoms with Crippen molar-refractivity contribution < 1.29 is 9.53 Å². The van der Waals surface area contributed by atoms with Crippen molar-refractivity contribution in [2.45, 2.75) is 38.1 Å². The number of unbranched alkanes of at least 4 members (excludes halogenated alkanes) is 2. The molecule has 0 atom stereocenters. The highest BCUT2D eigenvalue weighted by atomic mass is 16.5. The maximum absolute atomic E-state index is 12.3. The Morgan fingerprint density at radius 1 is 1.38 bits per heavy atom. The topological polar surface area (TPSA) is 55.3 Å². The maximum Gasteiger partial charge on any atom is 0.267 e. The molecule has 5 nitrogen and oxygen atoms in total. The van der Waals surface area contributed by atoms with Gasteiger partial charge in [-0.15, -0.1) is 0 Å². The average molecular weight is 293 g/mol. The molecule has 5 heteroatoms. The summed E-state index contributed by atoms with van der Waals surface area (Å²) in [6, 6.07) is 4.33. The fraction of sp³-hybridized carbons (Fsp3) is 0.688. The van der Waals surface area contributed by atoms with Gasteiger partial charge in [0.1, 0.15) is 5.69 Å². The van der Waals surface area contributed by atoms with Gasteiger partial charge in [0.15, 0.2) is 0 Å². The fourth-order valence-corrected chi connectivity index (χ4v) is 2.83. The lowest BCUT2D eigenvalue weighted by Gasteiger charge is -2.25. The molecule has 0 unspecified atom stereocenters. The minimum Gasteiger partial charge on any atom is -0.385 e. The van der Waals surface area contributed by atoms with Crippen LogP contribution in [0, 0.1) is 0 Å². The minimum atomic E-state index is 0.0466. The summed E-state index contributed by atoms with van der Waals surface area (Å²) >= 11 is 0. The van der Waals surface area contributed by atoms with Crippen LogP contribution in [0.5, 0.6) is 0 Å². The lowest BCUT2D eigenvalue weighted by molar-refractivity contribution is 0.0940. The molecule has 118 valence electrons. The Morgan fingerprint density at radius 3 is 2.95 bits per heavy atom. The highest BCUT2D eigenvalue weighted by Gasteiger charge is 2.19. The van der Waals surface area contributed by atoms with Crippen molar-refractivity contribution in [2.24, 2.45) is 0 Å². The van der Waals surface area contributed by atoms with Gasteiger partial charge in [0.25, 0.3) is 5.91 Å². The number of rotatable bonds is 8. The molecule has 1 aromatic heterocycles. The molecular formula is C16H27N3O2. The minimum absolute atomic E-state index is 0.0466. The zero-order chi connectivity index (χ0) is 14.9. The first-order valence-corrected chi connectivity index (χ1v) is 7.97. The third kappa shape index (κ3) is 4.86. The summed E-state index contributed by atoms with van der Waals surface area (Å²) in [5.41, 5.74) is 0.791. The Kier molecular flexibility index (Phi) is 6.76. The number of nitrogens with zero attached hydrogens (tertiary/aromatic N) is 1. The van der Waals surface area contributed by atoms with Crippen molar-refractivity contribution in [2.75, 3.05) is 33.4 Å². The SMILES string of the molecule is COCCCCCNC(=O)c1cccn1C1CCNCC1. The van der Waals surface area contributed by atoms with E-state index in [0.717, 1.165) is 64.0 Å². The molecule has 0 spiro atoms. The first-order chi connectivity index (χ1) is 10.3. The Labute approximate surface area is 127 Å². The molecule has 0 aromatic carbocycles. The fourth-order valence-electron chi connectivity index (χ4n) is 2.83. The molecule has 1 amide bonds. The van der Waals surface area contributed by atoms with Crippen LogP contribution in [0.2, 0.25) is 0 Å². The van der Waals surface area contributed by atoms with Crippen LogP contribution in [0.15, 0.2) is 18.3 Å². The second-order valence-corrected chi connectivity index (χ2v) is 5.59. The lowest BCUT2D eigenvalue weighted by atomic mass is 10.1. The van der Waals surface area contributed by atoms with Gasteiger partial charge in [-0.25, -0.2) is 0 Å². The Balaban J connectivity index is 1.78. The van der Waals surface area contributed by atoms with Crippen LogP contribution < -0.4 is 10.6 Å². The molecule has 2 rings (SSSR count). The van der Waals surface area contributed by atoms with Gasteiger partial charge in [-0.3, -0.25) is 4.79 Å². The normalized spacial score (nSPS) is 16.0. The second kappa shape index (κ2) is 8.85. The molecule has 1 fully saturated rings. The molecule has 0 bridgehead atoms. The van der Waals surface area contributed by atoms with E-state index in [2.05, 4.69) is 15.2 Å². The molecule has 1 aromatic rings. The van der Waals surface area contributed by atoms with E-state index < -0.39 is 0 Å². The Bertz CT molecular complexity index is 425. The predicted molar refractivity (Wildman–Crippen MR) is 83.6 cm³/mol. The number of aromatic nitrogens is 1. The van der Waals surface area contributed by atoms with Crippen molar-refractivity contribution in [1.29, 1.82) is 0 Å². The summed E-state index contributed by atoms with van der Waals surface area (Å²) in [7, 11) is 1.72. The summed E-state index contributed by atoms with van der Waals surface area (Å²) < 4.78 is 7.16. The highest BCUT2D eigenvalue weighted by molar-refractivity contribution is 5.92. The Hall–Kier alpha value is -1.33. The van der Waals surface area contributed by atoms with Crippen molar-refractivity contribution in [3.63, 3.8) is 0 Å². The molecule has 0 radical (unpaired) electrons. The number of carbonyl (C=O) groups excluding carboxylic acids is 1. The van der Waals surface area contributed by atoms with Crippen molar-refractivity contribution >= 4 is 5.91 Å². The van der Waals surface area contributed by atoms with Crippen LogP contribution >= 0.6 is 0 Å². The van der Waals surface area contributed by atoms with E-state index in [-0.39, 0.29) is 5.91 Å². The third-order valence-electron chi connectivity index (χ3n) is 4.02. The zero-order valence-electron chi connectivity index (χ0n) is 12.9. The average Bonchev–Trinajstić information content (AvgIpc) is 3.01. The van der Waals surface area contributed by atoms with E-state index in [1.54, 1.807) is 7.11 Å². The zero-order valence-corrected chi connectivity index (χ0v) is 12.9. The maximum atomic E-state index is 12.3. The number of nitrogens with one attached hydrogen (secondary N) is 2. The van der Waals surface area contributed by atoms with E-state index in [0.29, 0.717) is 6.04 Å². The number of hydrogen-bond donors (Lipinski definition) is 2. The van der Waals surface area contributed by atoms with Crippen molar-refractivity contribution in [1.82, 2.24) is 15.2 Å². The molecule has 0 aliphatic carbocycles. The van der Waals surface area contributed by atoms with Gasteiger partial charge < -0.3 is 19.9 Å². The standard InChI is InChI=1S/C16H27N3O2/c1-21-13-4-2-3-9-18-16(20)15-6-5-12-19(15)14-7-10-17-11-8-14/h5-6,12,14,17H,2-4,7-11,13H2,1H3,(H,18,20). The smallest absolute Gasteiger partial charge is 0.267 e.